The maximum atomic E-state index is 13.6. The Kier molecular flexibility index (Phi) is 4.20. The van der Waals surface area contributed by atoms with Gasteiger partial charge in [-0.15, -0.1) is 0 Å². The molecule has 1 aliphatic carbocycles. The number of nitrogens with two attached hydrogens (primary N) is 1. The van der Waals surface area contributed by atoms with Crippen LogP contribution in [0.4, 0.5) is 10.2 Å². The molecule has 0 unspecified atom stereocenters. The Hall–Kier alpha value is -2.21. The summed E-state index contributed by atoms with van der Waals surface area (Å²) in [4.78, 5) is 8.50. The van der Waals surface area contributed by atoms with Crippen LogP contribution in [0.3, 0.4) is 0 Å². The fourth-order valence-corrected chi connectivity index (χ4v) is 2.61. The predicted octanol–water partition coefficient (Wildman–Crippen LogP) is 2.44. The Balaban J connectivity index is 1.64. The Morgan fingerprint density at radius 2 is 2.14 bits per heavy atom. The molecular weight excluding hydrogens is 283 g/mol. The summed E-state index contributed by atoms with van der Waals surface area (Å²) in [7, 11) is 1.45. The van der Waals surface area contributed by atoms with E-state index < -0.39 is 0 Å². The van der Waals surface area contributed by atoms with Crippen molar-refractivity contribution >= 4 is 5.82 Å². The lowest BCUT2D eigenvalue weighted by Gasteiger charge is -2.31. The normalized spacial score (nSPS) is 20.3. The van der Waals surface area contributed by atoms with E-state index in [9.17, 15) is 4.39 Å². The number of anilines is 1. The predicted molar refractivity (Wildman–Crippen MR) is 82.3 cm³/mol. The van der Waals surface area contributed by atoms with Crippen LogP contribution in [0.1, 0.15) is 30.0 Å². The monoisotopic (exact) mass is 302 g/mol. The van der Waals surface area contributed by atoms with Crippen LogP contribution >= 0.6 is 0 Å². The van der Waals surface area contributed by atoms with Gasteiger partial charge in [0.05, 0.1) is 7.11 Å². The highest BCUT2D eigenvalue weighted by molar-refractivity contribution is 5.38. The van der Waals surface area contributed by atoms with E-state index in [0.29, 0.717) is 18.5 Å². The second-order valence-electron chi connectivity index (χ2n) is 5.58. The van der Waals surface area contributed by atoms with E-state index >= 15 is 0 Å². The fourth-order valence-electron chi connectivity index (χ4n) is 2.61. The van der Waals surface area contributed by atoms with Gasteiger partial charge in [-0.05, 0) is 30.5 Å². The van der Waals surface area contributed by atoms with Gasteiger partial charge in [0.2, 0.25) is 0 Å². The van der Waals surface area contributed by atoms with Gasteiger partial charge < -0.3 is 15.8 Å². The highest BCUT2D eigenvalue weighted by Crippen LogP contribution is 2.34. The van der Waals surface area contributed by atoms with Gasteiger partial charge in [-0.3, -0.25) is 0 Å². The van der Waals surface area contributed by atoms with E-state index in [2.05, 4.69) is 15.3 Å². The number of benzene rings is 1. The van der Waals surface area contributed by atoms with Crippen LogP contribution in [-0.2, 0) is 6.54 Å². The third kappa shape index (κ3) is 3.17. The lowest BCUT2D eigenvalue weighted by molar-refractivity contribution is 0.345. The van der Waals surface area contributed by atoms with Crippen LogP contribution in [0, 0.1) is 5.82 Å². The van der Waals surface area contributed by atoms with Crippen molar-refractivity contribution in [2.45, 2.75) is 31.3 Å². The van der Waals surface area contributed by atoms with E-state index in [4.69, 9.17) is 10.5 Å². The van der Waals surface area contributed by atoms with Crippen molar-refractivity contribution in [3.8, 4) is 5.75 Å². The molecule has 5 nitrogen and oxygen atoms in total. The number of nitrogens with zero attached hydrogens (tertiary/aromatic N) is 2. The molecule has 6 heteroatoms. The molecule has 1 aliphatic rings. The SMILES string of the molecule is COc1ccc(CNc2cc(C3CC(N)C3)ncn2)cc1F. The number of ether oxygens (including phenoxy) is 1. The molecule has 1 aromatic heterocycles. The molecule has 0 radical (unpaired) electrons. The summed E-state index contributed by atoms with van der Waals surface area (Å²) >= 11 is 0. The zero-order valence-corrected chi connectivity index (χ0v) is 12.4. The standard InChI is InChI=1S/C16H19FN4O/c1-22-15-3-2-10(4-13(15)17)8-19-16-7-14(20-9-21-16)11-5-12(18)6-11/h2-4,7,9,11-12H,5-6,8,18H2,1H3,(H,19,20,21). The average molecular weight is 302 g/mol. The Morgan fingerprint density at radius 1 is 1.32 bits per heavy atom. The van der Waals surface area contributed by atoms with Gasteiger partial charge in [0.15, 0.2) is 11.6 Å². The molecule has 0 spiro atoms. The molecule has 116 valence electrons. The van der Waals surface area contributed by atoms with Crippen molar-refractivity contribution in [2.75, 3.05) is 12.4 Å². The van der Waals surface area contributed by atoms with Crippen molar-refractivity contribution in [1.82, 2.24) is 9.97 Å². The quantitative estimate of drug-likeness (QED) is 0.887. The summed E-state index contributed by atoms with van der Waals surface area (Å²) in [6.07, 6.45) is 3.50. The molecule has 1 saturated carbocycles. The number of hydrogen-bond donors (Lipinski definition) is 2. The number of aromatic nitrogens is 2. The van der Waals surface area contributed by atoms with Crippen LogP contribution in [-0.4, -0.2) is 23.1 Å². The summed E-state index contributed by atoms with van der Waals surface area (Å²) in [6.45, 7) is 0.488. The summed E-state index contributed by atoms with van der Waals surface area (Å²) < 4.78 is 18.6. The second-order valence-corrected chi connectivity index (χ2v) is 5.58. The average Bonchev–Trinajstić information content (AvgIpc) is 2.50. The first-order valence-corrected chi connectivity index (χ1v) is 7.29. The first-order valence-electron chi connectivity index (χ1n) is 7.29. The van der Waals surface area contributed by atoms with E-state index in [0.717, 1.165) is 29.9 Å². The van der Waals surface area contributed by atoms with Gasteiger partial charge in [0.25, 0.3) is 0 Å². The topological polar surface area (TPSA) is 73.1 Å². The molecule has 0 bridgehead atoms. The van der Waals surface area contributed by atoms with Crippen LogP contribution in [0.2, 0.25) is 0 Å². The van der Waals surface area contributed by atoms with Crippen molar-refractivity contribution in [3.63, 3.8) is 0 Å². The molecule has 0 amide bonds. The van der Waals surface area contributed by atoms with Gasteiger partial charge in [-0.25, -0.2) is 14.4 Å². The largest absolute Gasteiger partial charge is 0.494 e. The van der Waals surface area contributed by atoms with Gasteiger partial charge >= 0.3 is 0 Å². The maximum absolute atomic E-state index is 13.6. The van der Waals surface area contributed by atoms with E-state index in [1.54, 1.807) is 12.4 Å². The first-order chi connectivity index (χ1) is 10.7. The smallest absolute Gasteiger partial charge is 0.165 e. The Labute approximate surface area is 128 Å². The first kappa shape index (κ1) is 14.7. The third-order valence-corrected chi connectivity index (χ3v) is 3.97. The zero-order chi connectivity index (χ0) is 15.5. The van der Waals surface area contributed by atoms with E-state index in [-0.39, 0.29) is 11.6 Å². The molecule has 3 N–H and O–H groups in total. The zero-order valence-electron chi connectivity index (χ0n) is 12.4. The maximum Gasteiger partial charge on any atom is 0.165 e. The molecule has 1 heterocycles. The molecule has 3 rings (SSSR count). The van der Waals surface area contributed by atoms with Gasteiger partial charge in [-0.1, -0.05) is 6.07 Å². The number of hydrogen-bond acceptors (Lipinski definition) is 5. The summed E-state index contributed by atoms with van der Waals surface area (Å²) in [5.74, 6) is 1.04. The molecular formula is C16H19FN4O. The molecule has 0 atom stereocenters. The van der Waals surface area contributed by atoms with Crippen molar-refractivity contribution in [1.29, 1.82) is 0 Å². The second kappa shape index (κ2) is 6.27. The molecule has 1 aromatic carbocycles. The number of nitrogens with one attached hydrogen (secondary N) is 1. The van der Waals surface area contributed by atoms with Gasteiger partial charge in [-0.2, -0.15) is 0 Å². The highest BCUT2D eigenvalue weighted by atomic mass is 19.1. The van der Waals surface area contributed by atoms with Gasteiger partial charge in [0.1, 0.15) is 12.1 Å². The molecule has 0 aliphatic heterocycles. The minimum absolute atomic E-state index is 0.245. The van der Waals surface area contributed by atoms with Crippen LogP contribution in [0.25, 0.3) is 0 Å². The number of rotatable bonds is 5. The van der Waals surface area contributed by atoms with Crippen molar-refractivity contribution in [3.05, 3.63) is 47.7 Å². The molecule has 1 fully saturated rings. The lowest BCUT2D eigenvalue weighted by Crippen LogP contribution is -2.35. The summed E-state index contributed by atoms with van der Waals surface area (Å²) in [6, 6.07) is 7.13. The minimum atomic E-state index is -0.367. The Morgan fingerprint density at radius 3 is 2.82 bits per heavy atom. The molecule has 2 aromatic rings. The molecule has 0 saturated heterocycles. The lowest BCUT2D eigenvalue weighted by atomic mass is 9.79. The Bertz CT molecular complexity index is 658. The van der Waals surface area contributed by atoms with Gasteiger partial charge in [0, 0.05) is 30.3 Å². The van der Waals surface area contributed by atoms with Crippen LogP contribution in [0.5, 0.6) is 5.75 Å². The van der Waals surface area contributed by atoms with E-state index in [1.807, 2.05) is 12.1 Å². The minimum Gasteiger partial charge on any atom is -0.494 e. The van der Waals surface area contributed by atoms with E-state index in [1.165, 1.54) is 13.2 Å². The number of methoxy groups -OCH3 is 1. The fraction of sp³-hybridized carbons (Fsp3) is 0.375. The highest BCUT2D eigenvalue weighted by Gasteiger charge is 2.28. The van der Waals surface area contributed by atoms with Crippen LogP contribution < -0.4 is 15.8 Å². The summed E-state index contributed by atoms with van der Waals surface area (Å²) in [5, 5.41) is 3.19. The van der Waals surface area contributed by atoms with Crippen molar-refractivity contribution < 1.29 is 9.13 Å². The molecule has 22 heavy (non-hydrogen) atoms. The van der Waals surface area contributed by atoms with Crippen molar-refractivity contribution in [2.24, 2.45) is 5.73 Å². The van der Waals surface area contributed by atoms with Crippen LogP contribution in [0.15, 0.2) is 30.6 Å². The third-order valence-electron chi connectivity index (χ3n) is 3.97. The number of halogens is 1. The summed E-state index contributed by atoms with van der Waals surface area (Å²) in [5.41, 5.74) is 7.65.